The molecule has 2 heterocycles. The van der Waals surface area contributed by atoms with Crippen LogP contribution in [0.3, 0.4) is 0 Å². The molecule has 1 aliphatic heterocycles. The molecule has 1 N–H and O–H groups in total. The van der Waals surface area contributed by atoms with Crippen LogP contribution in [-0.4, -0.2) is 24.6 Å². The van der Waals surface area contributed by atoms with Crippen molar-refractivity contribution >= 4 is 28.5 Å². The Bertz CT molecular complexity index is 835. The molecule has 1 atom stereocenters. The largest absolute Gasteiger partial charge is 0.459 e. The van der Waals surface area contributed by atoms with Crippen LogP contribution < -0.4 is 10.9 Å². The van der Waals surface area contributed by atoms with Gasteiger partial charge in [0.1, 0.15) is 12.2 Å². The second-order valence-corrected chi connectivity index (χ2v) is 5.59. The quantitative estimate of drug-likeness (QED) is 0.680. The van der Waals surface area contributed by atoms with Crippen LogP contribution in [0.4, 0.5) is 5.69 Å². The molecule has 0 saturated carbocycles. The van der Waals surface area contributed by atoms with E-state index in [-0.39, 0.29) is 12.5 Å². The van der Waals surface area contributed by atoms with Crippen LogP contribution in [0.1, 0.15) is 25.3 Å². The Kier molecular flexibility index (Phi) is 4.61. The first-order chi connectivity index (χ1) is 11.5. The van der Waals surface area contributed by atoms with Gasteiger partial charge in [-0.2, -0.15) is 0 Å². The van der Waals surface area contributed by atoms with Gasteiger partial charge in [0.05, 0.1) is 0 Å². The average molecular weight is 331 g/mol. The minimum atomic E-state index is -0.550. The highest BCUT2D eigenvalue weighted by atomic mass is 16.6. The Morgan fingerprint density at radius 3 is 2.88 bits per heavy atom. The first-order valence-corrected chi connectivity index (χ1v) is 7.65. The lowest BCUT2D eigenvalue weighted by Gasteiger charge is -2.11. The average Bonchev–Trinajstić information content (AvgIpc) is 3.05. The van der Waals surface area contributed by atoms with E-state index in [2.05, 4.69) is 5.32 Å². The first kappa shape index (κ1) is 16.2. The first-order valence-electron chi connectivity index (χ1n) is 7.65. The smallest absolute Gasteiger partial charge is 0.336 e. The summed E-state index contributed by atoms with van der Waals surface area (Å²) in [5.74, 6) is -0.651. The fourth-order valence-corrected chi connectivity index (χ4v) is 2.64. The summed E-state index contributed by atoms with van der Waals surface area (Å²) in [6.45, 7) is 1.91. The summed E-state index contributed by atoms with van der Waals surface area (Å²) in [6, 6.07) is 6.25. The van der Waals surface area contributed by atoms with Crippen LogP contribution in [0, 0.1) is 0 Å². The van der Waals surface area contributed by atoms with Gasteiger partial charge in [-0.25, -0.2) is 9.59 Å². The van der Waals surface area contributed by atoms with E-state index in [1.54, 1.807) is 18.2 Å². The molecular formula is C17H17NO6. The van der Waals surface area contributed by atoms with Gasteiger partial charge in [0.15, 0.2) is 6.10 Å². The van der Waals surface area contributed by atoms with E-state index in [0.717, 1.165) is 6.42 Å². The van der Waals surface area contributed by atoms with Crippen molar-refractivity contribution < 1.29 is 23.5 Å². The fraction of sp³-hybridized carbons (Fsp3) is 0.353. The number of esters is 1. The van der Waals surface area contributed by atoms with Gasteiger partial charge in [-0.3, -0.25) is 4.79 Å². The molecule has 7 heteroatoms. The zero-order valence-corrected chi connectivity index (χ0v) is 13.2. The number of anilines is 1. The third kappa shape index (κ3) is 3.62. The summed E-state index contributed by atoms with van der Waals surface area (Å²) in [7, 11) is 0. The van der Waals surface area contributed by atoms with Crippen LogP contribution in [0.25, 0.3) is 11.0 Å². The second kappa shape index (κ2) is 6.84. The van der Waals surface area contributed by atoms with Gasteiger partial charge in [-0.15, -0.1) is 0 Å². The molecule has 1 aliphatic rings. The SMILES string of the molecule is CC(=O)Nc1ccc2c(COC(=O)[C@@H]3CCCO3)cc(=O)oc2c1. The number of amides is 1. The van der Waals surface area contributed by atoms with Crippen molar-refractivity contribution in [1.29, 1.82) is 0 Å². The lowest BCUT2D eigenvalue weighted by Crippen LogP contribution is -2.22. The molecule has 0 unspecified atom stereocenters. The number of nitrogens with one attached hydrogen (secondary N) is 1. The molecule has 0 radical (unpaired) electrons. The zero-order chi connectivity index (χ0) is 17.1. The Balaban J connectivity index is 1.83. The fourth-order valence-electron chi connectivity index (χ4n) is 2.64. The molecule has 1 fully saturated rings. The Morgan fingerprint density at radius 1 is 1.33 bits per heavy atom. The Morgan fingerprint density at radius 2 is 2.17 bits per heavy atom. The lowest BCUT2D eigenvalue weighted by atomic mass is 10.1. The molecule has 1 aromatic carbocycles. The number of benzene rings is 1. The molecule has 3 rings (SSSR count). The van der Waals surface area contributed by atoms with E-state index in [0.29, 0.717) is 35.2 Å². The second-order valence-electron chi connectivity index (χ2n) is 5.59. The summed E-state index contributed by atoms with van der Waals surface area (Å²) in [5.41, 5.74) is 0.830. The summed E-state index contributed by atoms with van der Waals surface area (Å²) in [6.07, 6.45) is 0.961. The van der Waals surface area contributed by atoms with Crippen molar-refractivity contribution in [3.63, 3.8) is 0 Å². The third-order valence-electron chi connectivity index (χ3n) is 3.71. The van der Waals surface area contributed by atoms with Crippen LogP contribution in [0.15, 0.2) is 33.5 Å². The van der Waals surface area contributed by atoms with Crippen LogP contribution in [0.2, 0.25) is 0 Å². The molecule has 1 aromatic heterocycles. The van der Waals surface area contributed by atoms with Gasteiger partial charge in [-0.05, 0) is 25.0 Å². The number of rotatable bonds is 4. The van der Waals surface area contributed by atoms with Crippen LogP contribution in [-0.2, 0) is 25.7 Å². The van der Waals surface area contributed by atoms with Gasteiger partial charge < -0.3 is 19.2 Å². The van der Waals surface area contributed by atoms with Gasteiger partial charge in [0.25, 0.3) is 0 Å². The lowest BCUT2D eigenvalue weighted by molar-refractivity contribution is -0.155. The van der Waals surface area contributed by atoms with Crippen molar-refractivity contribution in [2.24, 2.45) is 0 Å². The summed E-state index contributed by atoms with van der Waals surface area (Å²) in [5, 5.41) is 3.26. The number of ether oxygens (including phenoxy) is 2. The van der Waals surface area contributed by atoms with Crippen molar-refractivity contribution in [2.75, 3.05) is 11.9 Å². The molecule has 1 saturated heterocycles. The standard InChI is InChI=1S/C17H17NO6/c1-10(19)18-12-4-5-13-11(7-16(20)24-15(13)8-12)9-23-17(21)14-3-2-6-22-14/h4-5,7-8,14H,2-3,6,9H2,1H3,(H,18,19)/t14-/m0/s1. The topological polar surface area (TPSA) is 94.8 Å². The molecule has 24 heavy (non-hydrogen) atoms. The van der Waals surface area contributed by atoms with E-state index in [9.17, 15) is 14.4 Å². The molecular weight excluding hydrogens is 314 g/mol. The van der Waals surface area contributed by atoms with E-state index in [4.69, 9.17) is 13.9 Å². The summed E-state index contributed by atoms with van der Waals surface area (Å²) < 4.78 is 15.7. The molecule has 2 aromatic rings. The number of carbonyl (C=O) groups excluding carboxylic acids is 2. The zero-order valence-electron chi connectivity index (χ0n) is 13.2. The van der Waals surface area contributed by atoms with Crippen molar-refractivity contribution in [3.8, 4) is 0 Å². The maximum absolute atomic E-state index is 11.9. The van der Waals surface area contributed by atoms with Gasteiger partial charge >= 0.3 is 11.6 Å². The minimum Gasteiger partial charge on any atom is -0.459 e. The van der Waals surface area contributed by atoms with Crippen molar-refractivity contribution in [3.05, 3.63) is 40.2 Å². The normalized spacial score (nSPS) is 17.0. The predicted molar refractivity (Wildman–Crippen MR) is 85.6 cm³/mol. The molecule has 0 bridgehead atoms. The highest BCUT2D eigenvalue weighted by Gasteiger charge is 2.25. The number of hydrogen-bond acceptors (Lipinski definition) is 6. The summed E-state index contributed by atoms with van der Waals surface area (Å²) in [4.78, 5) is 34.8. The minimum absolute atomic E-state index is 0.0414. The van der Waals surface area contributed by atoms with E-state index < -0.39 is 17.7 Å². The summed E-state index contributed by atoms with van der Waals surface area (Å²) >= 11 is 0. The Labute approximate surface area is 137 Å². The highest BCUT2D eigenvalue weighted by Crippen LogP contribution is 2.22. The van der Waals surface area contributed by atoms with E-state index in [1.807, 2.05) is 0 Å². The monoisotopic (exact) mass is 331 g/mol. The van der Waals surface area contributed by atoms with Crippen LogP contribution >= 0.6 is 0 Å². The maximum Gasteiger partial charge on any atom is 0.336 e. The van der Waals surface area contributed by atoms with E-state index in [1.165, 1.54) is 13.0 Å². The van der Waals surface area contributed by atoms with Crippen molar-refractivity contribution in [1.82, 2.24) is 0 Å². The Hall–Kier alpha value is -2.67. The highest BCUT2D eigenvalue weighted by molar-refractivity contribution is 5.92. The predicted octanol–water partition coefficient (Wildman–Crippen LogP) is 1.97. The van der Waals surface area contributed by atoms with Gasteiger partial charge in [-0.1, -0.05) is 0 Å². The van der Waals surface area contributed by atoms with Crippen LogP contribution in [0.5, 0.6) is 0 Å². The molecule has 0 spiro atoms. The van der Waals surface area contributed by atoms with Gasteiger partial charge in [0.2, 0.25) is 5.91 Å². The molecule has 1 amide bonds. The number of fused-ring (bicyclic) bond motifs is 1. The third-order valence-corrected chi connectivity index (χ3v) is 3.71. The molecule has 126 valence electrons. The number of carbonyl (C=O) groups is 2. The molecule has 0 aliphatic carbocycles. The molecule has 7 nitrogen and oxygen atoms in total. The van der Waals surface area contributed by atoms with E-state index >= 15 is 0 Å². The van der Waals surface area contributed by atoms with Gasteiger partial charge in [0, 0.05) is 42.3 Å². The maximum atomic E-state index is 11.9. The number of hydrogen-bond donors (Lipinski definition) is 1. The van der Waals surface area contributed by atoms with Crippen molar-refractivity contribution in [2.45, 2.75) is 32.5 Å².